The molecule has 0 unspecified atom stereocenters. The molecule has 0 saturated heterocycles. The van der Waals surface area contributed by atoms with Gasteiger partial charge in [-0.1, -0.05) is 13.0 Å². The average Bonchev–Trinajstić information content (AvgIpc) is 2.87. The van der Waals surface area contributed by atoms with Crippen LogP contribution in [-0.2, 0) is 6.42 Å². The lowest BCUT2D eigenvalue weighted by Crippen LogP contribution is -2.14. The number of nitrogen functional groups attached to an aromatic ring is 1. The molecule has 2 aromatic carbocycles. The smallest absolute Gasteiger partial charge is 0.125 e. The average molecular weight is 286 g/mol. The van der Waals surface area contributed by atoms with Gasteiger partial charge in [-0.05, 0) is 36.6 Å². The van der Waals surface area contributed by atoms with Crippen molar-refractivity contribution in [2.24, 2.45) is 0 Å². The molecular weight excluding hydrogens is 267 g/mol. The van der Waals surface area contributed by atoms with E-state index < -0.39 is 0 Å². The maximum Gasteiger partial charge on any atom is 0.125 e. The quantitative estimate of drug-likeness (QED) is 0.867. The zero-order valence-electron chi connectivity index (χ0n) is 12.1. The van der Waals surface area contributed by atoms with Gasteiger partial charge in [0.2, 0.25) is 0 Å². The van der Waals surface area contributed by atoms with Gasteiger partial charge in [0.05, 0.1) is 6.61 Å². The molecule has 110 valence electrons. The Morgan fingerprint density at radius 1 is 1.24 bits per heavy atom. The van der Waals surface area contributed by atoms with Gasteiger partial charge in [0.25, 0.3) is 0 Å². The number of nitrogens with two attached hydrogens (primary N) is 1. The third-order valence-corrected chi connectivity index (χ3v) is 3.64. The molecule has 0 amide bonds. The molecule has 0 aromatic heterocycles. The van der Waals surface area contributed by atoms with Crippen LogP contribution < -0.4 is 15.4 Å². The van der Waals surface area contributed by atoms with Gasteiger partial charge < -0.3 is 15.4 Å². The maximum atomic E-state index is 13.5. The Labute approximate surface area is 124 Å². The fourth-order valence-corrected chi connectivity index (χ4v) is 2.69. The van der Waals surface area contributed by atoms with Gasteiger partial charge in [-0.25, -0.2) is 4.39 Å². The summed E-state index contributed by atoms with van der Waals surface area (Å²) in [4.78, 5) is 2.09. The molecule has 0 atom stereocenters. The molecule has 1 aliphatic rings. The van der Waals surface area contributed by atoms with Crippen molar-refractivity contribution in [3.8, 4) is 5.75 Å². The highest BCUT2D eigenvalue weighted by Crippen LogP contribution is 2.37. The third-order valence-electron chi connectivity index (χ3n) is 3.64. The molecule has 0 fully saturated rings. The standard InChI is InChI=1S/C17H19FN2O/c1-2-7-21-16-10-14(19)9-15(11-16)20-6-5-12-3-4-13(18)8-17(12)20/h3-4,8-11H,2,5-7,19H2,1H3. The molecule has 0 bridgehead atoms. The van der Waals surface area contributed by atoms with Crippen LogP contribution in [0, 0.1) is 5.82 Å². The predicted octanol–water partition coefficient (Wildman–Crippen LogP) is 3.89. The van der Waals surface area contributed by atoms with Crippen LogP contribution >= 0.6 is 0 Å². The van der Waals surface area contributed by atoms with Crippen molar-refractivity contribution in [2.75, 3.05) is 23.8 Å². The summed E-state index contributed by atoms with van der Waals surface area (Å²) >= 11 is 0. The van der Waals surface area contributed by atoms with E-state index in [0.29, 0.717) is 12.3 Å². The van der Waals surface area contributed by atoms with Crippen molar-refractivity contribution in [1.29, 1.82) is 0 Å². The van der Waals surface area contributed by atoms with Gasteiger partial charge in [0.1, 0.15) is 11.6 Å². The molecule has 1 heterocycles. The van der Waals surface area contributed by atoms with E-state index in [1.807, 2.05) is 24.3 Å². The lowest BCUT2D eigenvalue weighted by atomic mass is 10.1. The number of ether oxygens (including phenoxy) is 1. The van der Waals surface area contributed by atoms with Crippen molar-refractivity contribution in [1.82, 2.24) is 0 Å². The number of nitrogens with zero attached hydrogens (tertiary/aromatic N) is 1. The first-order chi connectivity index (χ1) is 10.2. The first-order valence-corrected chi connectivity index (χ1v) is 7.26. The van der Waals surface area contributed by atoms with Gasteiger partial charge in [0.15, 0.2) is 0 Å². The Balaban J connectivity index is 1.95. The number of rotatable bonds is 4. The van der Waals surface area contributed by atoms with Crippen LogP contribution in [0.1, 0.15) is 18.9 Å². The maximum absolute atomic E-state index is 13.5. The Hall–Kier alpha value is -2.23. The highest BCUT2D eigenvalue weighted by molar-refractivity contribution is 5.73. The first kappa shape index (κ1) is 13.7. The van der Waals surface area contributed by atoms with Gasteiger partial charge in [-0.2, -0.15) is 0 Å². The minimum absolute atomic E-state index is 0.216. The lowest BCUT2D eigenvalue weighted by Gasteiger charge is -2.21. The normalized spacial score (nSPS) is 13.3. The number of hydrogen-bond donors (Lipinski definition) is 1. The van der Waals surface area contributed by atoms with Crippen LogP contribution in [0.2, 0.25) is 0 Å². The Bertz CT molecular complexity index is 657. The van der Waals surface area contributed by atoms with Gasteiger partial charge in [-0.15, -0.1) is 0 Å². The van der Waals surface area contributed by atoms with E-state index in [-0.39, 0.29) is 5.82 Å². The first-order valence-electron chi connectivity index (χ1n) is 7.26. The largest absolute Gasteiger partial charge is 0.493 e. The van der Waals surface area contributed by atoms with E-state index >= 15 is 0 Å². The number of halogens is 1. The van der Waals surface area contributed by atoms with Crippen LogP contribution in [0.15, 0.2) is 36.4 Å². The number of anilines is 3. The summed E-state index contributed by atoms with van der Waals surface area (Å²) in [5, 5.41) is 0. The van der Waals surface area contributed by atoms with E-state index in [1.54, 1.807) is 6.07 Å². The molecule has 21 heavy (non-hydrogen) atoms. The van der Waals surface area contributed by atoms with Crippen LogP contribution in [0.3, 0.4) is 0 Å². The summed E-state index contributed by atoms with van der Waals surface area (Å²) in [7, 11) is 0. The zero-order chi connectivity index (χ0) is 14.8. The summed E-state index contributed by atoms with van der Waals surface area (Å²) in [5.74, 6) is 0.545. The molecule has 2 aromatic rings. The Morgan fingerprint density at radius 2 is 2.10 bits per heavy atom. The molecular formula is C17H19FN2O. The minimum Gasteiger partial charge on any atom is -0.493 e. The Kier molecular flexibility index (Phi) is 3.69. The van der Waals surface area contributed by atoms with Crippen LogP contribution in [-0.4, -0.2) is 13.2 Å². The second-order valence-corrected chi connectivity index (χ2v) is 5.28. The third kappa shape index (κ3) is 2.79. The summed E-state index contributed by atoms with van der Waals surface area (Å²) in [6.07, 6.45) is 1.86. The molecule has 0 saturated carbocycles. The monoisotopic (exact) mass is 286 g/mol. The fraction of sp³-hybridized carbons (Fsp3) is 0.294. The van der Waals surface area contributed by atoms with E-state index in [0.717, 1.165) is 42.1 Å². The fourth-order valence-electron chi connectivity index (χ4n) is 2.69. The summed E-state index contributed by atoms with van der Waals surface area (Å²) in [6, 6.07) is 10.6. The van der Waals surface area contributed by atoms with E-state index in [2.05, 4.69) is 11.8 Å². The number of benzene rings is 2. The van der Waals surface area contributed by atoms with Gasteiger partial charge in [-0.3, -0.25) is 0 Å². The van der Waals surface area contributed by atoms with Crippen molar-refractivity contribution >= 4 is 17.1 Å². The highest BCUT2D eigenvalue weighted by Gasteiger charge is 2.21. The topological polar surface area (TPSA) is 38.5 Å². The summed E-state index contributed by atoms with van der Waals surface area (Å²) < 4.78 is 19.2. The molecule has 0 radical (unpaired) electrons. The van der Waals surface area contributed by atoms with E-state index in [1.165, 1.54) is 6.07 Å². The van der Waals surface area contributed by atoms with Crippen LogP contribution in [0.5, 0.6) is 5.75 Å². The van der Waals surface area contributed by atoms with Crippen molar-refractivity contribution in [2.45, 2.75) is 19.8 Å². The predicted molar refractivity (Wildman–Crippen MR) is 83.8 cm³/mol. The second-order valence-electron chi connectivity index (χ2n) is 5.28. The van der Waals surface area contributed by atoms with E-state index in [9.17, 15) is 4.39 Å². The van der Waals surface area contributed by atoms with Crippen LogP contribution in [0.25, 0.3) is 0 Å². The van der Waals surface area contributed by atoms with Crippen molar-refractivity contribution in [3.63, 3.8) is 0 Å². The molecule has 0 aliphatic carbocycles. The van der Waals surface area contributed by atoms with Gasteiger partial charge in [0, 0.05) is 35.7 Å². The number of fused-ring (bicyclic) bond motifs is 1. The van der Waals surface area contributed by atoms with Crippen molar-refractivity contribution in [3.05, 3.63) is 47.8 Å². The number of hydrogen-bond acceptors (Lipinski definition) is 3. The summed E-state index contributed by atoms with van der Waals surface area (Å²) in [6.45, 7) is 3.55. The lowest BCUT2D eigenvalue weighted by molar-refractivity contribution is 0.317. The van der Waals surface area contributed by atoms with Crippen LogP contribution in [0.4, 0.5) is 21.5 Å². The molecule has 3 rings (SSSR count). The molecule has 0 spiro atoms. The minimum atomic E-state index is -0.216. The zero-order valence-corrected chi connectivity index (χ0v) is 12.1. The molecule has 2 N–H and O–H groups in total. The van der Waals surface area contributed by atoms with Gasteiger partial charge >= 0.3 is 0 Å². The molecule has 3 nitrogen and oxygen atoms in total. The summed E-state index contributed by atoms with van der Waals surface area (Å²) in [5.41, 5.74) is 9.65. The molecule has 1 aliphatic heterocycles. The SMILES string of the molecule is CCCOc1cc(N)cc(N2CCc3ccc(F)cc32)c1. The van der Waals surface area contributed by atoms with Crippen molar-refractivity contribution < 1.29 is 9.13 Å². The van der Waals surface area contributed by atoms with E-state index in [4.69, 9.17) is 10.5 Å². The second kappa shape index (κ2) is 5.64. The highest BCUT2D eigenvalue weighted by atomic mass is 19.1. The molecule has 4 heteroatoms. The Morgan fingerprint density at radius 3 is 2.90 bits per heavy atom.